The molecule has 0 saturated heterocycles. The summed E-state index contributed by atoms with van der Waals surface area (Å²) in [6, 6.07) is 0. The lowest BCUT2D eigenvalue weighted by molar-refractivity contribution is 0.570. The predicted octanol–water partition coefficient (Wildman–Crippen LogP) is 6.10. The molecule has 0 aliphatic rings. The fourth-order valence-corrected chi connectivity index (χ4v) is 2.68. The summed E-state index contributed by atoms with van der Waals surface area (Å²) in [6.45, 7) is 2.22. The zero-order valence-electron chi connectivity index (χ0n) is 9.25. The Morgan fingerprint density at radius 3 is 2.00 bits per heavy atom. The number of rotatable bonds is 8. The van der Waals surface area contributed by atoms with Gasteiger partial charge < -0.3 is 0 Å². The first-order valence-electron chi connectivity index (χ1n) is 5.66. The van der Waals surface area contributed by atoms with E-state index in [2.05, 4.69) is 6.92 Å². The molecule has 0 aromatic heterocycles. The Morgan fingerprint density at radius 2 is 1.47 bits per heavy atom. The van der Waals surface area contributed by atoms with Crippen molar-refractivity contribution in [3.63, 3.8) is 0 Å². The average molecular weight is 294 g/mol. The van der Waals surface area contributed by atoms with Crippen LogP contribution in [-0.2, 0) is 0 Å². The standard InChI is InChI=1S/C11H20Cl4/c1-2-3-4-5-6-7-8-10(12)9-11(13,14)15/h10H,2-9H2,1H3/t10-/m1/s1. The van der Waals surface area contributed by atoms with Crippen LogP contribution in [0.1, 0.15) is 58.3 Å². The van der Waals surface area contributed by atoms with Crippen LogP contribution in [0.25, 0.3) is 0 Å². The summed E-state index contributed by atoms with van der Waals surface area (Å²) in [5.74, 6) is 0. The first kappa shape index (κ1) is 16.2. The van der Waals surface area contributed by atoms with E-state index in [9.17, 15) is 0 Å². The van der Waals surface area contributed by atoms with Crippen LogP contribution < -0.4 is 0 Å². The van der Waals surface area contributed by atoms with Crippen LogP contribution in [0.2, 0.25) is 0 Å². The molecule has 1 atom stereocenters. The third kappa shape index (κ3) is 13.1. The second kappa shape index (κ2) is 9.22. The van der Waals surface area contributed by atoms with Crippen LogP contribution in [0.5, 0.6) is 0 Å². The van der Waals surface area contributed by atoms with Crippen LogP contribution in [0.4, 0.5) is 0 Å². The minimum Gasteiger partial charge on any atom is -0.123 e. The van der Waals surface area contributed by atoms with Crippen LogP contribution in [0, 0.1) is 0 Å². The fraction of sp³-hybridized carbons (Fsp3) is 1.00. The minimum atomic E-state index is -1.20. The lowest BCUT2D eigenvalue weighted by Crippen LogP contribution is -2.11. The molecule has 0 spiro atoms. The van der Waals surface area contributed by atoms with E-state index >= 15 is 0 Å². The lowest BCUT2D eigenvalue weighted by atomic mass is 10.1. The van der Waals surface area contributed by atoms with E-state index < -0.39 is 3.79 Å². The molecule has 0 heterocycles. The van der Waals surface area contributed by atoms with Gasteiger partial charge in [0.05, 0.1) is 0 Å². The van der Waals surface area contributed by atoms with Crippen molar-refractivity contribution >= 4 is 46.4 Å². The largest absolute Gasteiger partial charge is 0.192 e. The first-order valence-corrected chi connectivity index (χ1v) is 7.23. The smallest absolute Gasteiger partial charge is 0.123 e. The van der Waals surface area contributed by atoms with E-state index in [1.165, 1.54) is 32.1 Å². The van der Waals surface area contributed by atoms with Gasteiger partial charge in [0.15, 0.2) is 3.79 Å². The quantitative estimate of drug-likeness (QED) is 0.374. The Labute approximate surface area is 114 Å². The molecule has 0 aromatic carbocycles. The normalized spacial score (nSPS) is 14.2. The van der Waals surface area contributed by atoms with Crippen LogP contribution in [0.3, 0.4) is 0 Å². The maximum Gasteiger partial charge on any atom is 0.192 e. The predicted molar refractivity (Wildman–Crippen MR) is 72.5 cm³/mol. The molecule has 92 valence electrons. The maximum atomic E-state index is 6.05. The van der Waals surface area contributed by atoms with Crippen molar-refractivity contribution in [2.24, 2.45) is 0 Å². The monoisotopic (exact) mass is 292 g/mol. The molecule has 0 bridgehead atoms. The molecule has 0 aliphatic carbocycles. The molecule has 0 amide bonds. The number of halogens is 4. The van der Waals surface area contributed by atoms with Crippen LogP contribution in [-0.4, -0.2) is 9.17 Å². The van der Waals surface area contributed by atoms with E-state index in [4.69, 9.17) is 46.4 Å². The molecule has 0 N–H and O–H groups in total. The zero-order chi connectivity index (χ0) is 11.7. The Balaban J connectivity index is 3.28. The van der Waals surface area contributed by atoms with Gasteiger partial charge in [-0.05, 0) is 6.42 Å². The molecule has 4 heteroatoms. The SMILES string of the molecule is CCCCCCCC[C@@H](Cl)CC(Cl)(Cl)Cl. The van der Waals surface area contributed by atoms with E-state index in [1.807, 2.05) is 0 Å². The Bertz CT molecular complexity index is 142. The summed E-state index contributed by atoms with van der Waals surface area (Å²) < 4.78 is -1.20. The number of hydrogen-bond donors (Lipinski definition) is 0. The molecule has 0 unspecified atom stereocenters. The third-order valence-corrected chi connectivity index (χ3v) is 3.16. The summed E-state index contributed by atoms with van der Waals surface area (Å²) in [7, 11) is 0. The van der Waals surface area contributed by atoms with Crippen molar-refractivity contribution in [3.05, 3.63) is 0 Å². The van der Waals surface area contributed by atoms with E-state index in [1.54, 1.807) is 0 Å². The third-order valence-electron chi connectivity index (χ3n) is 2.32. The van der Waals surface area contributed by atoms with Crippen molar-refractivity contribution in [1.82, 2.24) is 0 Å². The molecule has 0 nitrogen and oxygen atoms in total. The topological polar surface area (TPSA) is 0 Å². The van der Waals surface area contributed by atoms with Crippen molar-refractivity contribution in [1.29, 1.82) is 0 Å². The Kier molecular flexibility index (Phi) is 9.93. The average Bonchev–Trinajstić information content (AvgIpc) is 2.08. The van der Waals surface area contributed by atoms with Crippen LogP contribution in [0.15, 0.2) is 0 Å². The second-order valence-electron chi connectivity index (χ2n) is 3.97. The fourth-order valence-electron chi connectivity index (χ4n) is 1.50. The molecule has 0 radical (unpaired) electrons. The maximum absolute atomic E-state index is 6.05. The van der Waals surface area contributed by atoms with Crippen molar-refractivity contribution in [2.75, 3.05) is 0 Å². The highest BCUT2D eigenvalue weighted by Crippen LogP contribution is 2.34. The molecule has 0 fully saturated rings. The van der Waals surface area contributed by atoms with Crippen molar-refractivity contribution in [3.8, 4) is 0 Å². The highest BCUT2D eigenvalue weighted by atomic mass is 35.6. The number of unbranched alkanes of at least 4 members (excludes halogenated alkanes) is 5. The summed E-state index contributed by atoms with van der Waals surface area (Å²) in [6.07, 6.45) is 9.00. The van der Waals surface area contributed by atoms with Gasteiger partial charge in [-0.1, -0.05) is 80.3 Å². The molecule has 0 saturated carbocycles. The Hall–Kier alpha value is 1.16. The van der Waals surface area contributed by atoms with Gasteiger partial charge in [0.25, 0.3) is 0 Å². The van der Waals surface area contributed by atoms with Gasteiger partial charge in [0, 0.05) is 11.8 Å². The molecule has 0 aromatic rings. The van der Waals surface area contributed by atoms with Gasteiger partial charge >= 0.3 is 0 Å². The molecule has 0 aliphatic heterocycles. The highest BCUT2D eigenvalue weighted by Gasteiger charge is 2.23. The highest BCUT2D eigenvalue weighted by molar-refractivity contribution is 6.67. The first-order chi connectivity index (χ1) is 6.95. The number of alkyl halides is 4. The van der Waals surface area contributed by atoms with Gasteiger partial charge in [0.2, 0.25) is 0 Å². The van der Waals surface area contributed by atoms with Crippen molar-refractivity contribution in [2.45, 2.75) is 67.5 Å². The second-order valence-corrected chi connectivity index (χ2v) is 7.11. The minimum absolute atomic E-state index is 0.0105. The zero-order valence-corrected chi connectivity index (χ0v) is 12.3. The lowest BCUT2D eigenvalue weighted by Gasteiger charge is -2.15. The van der Waals surface area contributed by atoms with Gasteiger partial charge in [-0.3, -0.25) is 0 Å². The summed E-state index contributed by atoms with van der Waals surface area (Å²) >= 11 is 23.0. The van der Waals surface area contributed by atoms with E-state index in [0.717, 1.165) is 12.8 Å². The Morgan fingerprint density at radius 1 is 0.933 bits per heavy atom. The van der Waals surface area contributed by atoms with Gasteiger partial charge in [0.1, 0.15) is 0 Å². The van der Waals surface area contributed by atoms with Crippen molar-refractivity contribution < 1.29 is 0 Å². The summed E-state index contributed by atoms with van der Waals surface area (Å²) in [5, 5.41) is -0.0105. The molecule has 0 rings (SSSR count). The van der Waals surface area contributed by atoms with E-state index in [-0.39, 0.29) is 5.38 Å². The van der Waals surface area contributed by atoms with Gasteiger partial charge in [-0.2, -0.15) is 0 Å². The summed E-state index contributed by atoms with van der Waals surface area (Å²) in [4.78, 5) is 0. The summed E-state index contributed by atoms with van der Waals surface area (Å²) in [5.41, 5.74) is 0. The van der Waals surface area contributed by atoms with Gasteiger partial charge in [-0.25, -0.2) is 0 Å². The molecular weight excluding hydrogens is 274 g/mol. The van der Waals surface area contributed by atoms with Crippen LogP contribution >= 0.6 is 46.4 Å². The number of hydrogen-bond acceptors (Lipinski definition) is 0. The molecule has 15 heavy (non-hydrogen) atoms. The van der Waals surface area contributed by atoms with E-state index in [0.29, 0.717) is 6.42 Å². The molecular formula is C11H20Cl4. The van der Waals surface area contributed by atoms with Gasteiger partial charge in [-0.15, -0.1) is 11.6 Å².